The minimum absolute atomic E-state index is 0.0374. The highest BCUT2D eigenvalue weighted by Crippen LogP contribution is 2.51. The van der Waals surface area contributed by atoms with Gasteiger partial charge in [0.05, 0.1) is 48.1 Å². The summed E-state index contributed by atoms with van der Waals surface area (Å²) in [6.45, 7) is 5.28. The number of piperazine rings is 1. The number of pyridine rings is 1. The van der Waals surface area contributed by atoms with Gasteiger partial charge in [0.15, 0.2) is 17.3 Å². The highest BCUT2D eigenvalue weighted by atomic mass is 35.5. The second-order valence-corrected chi connectivity index (χ2v) is 12.7. The van der Waals surface area contributed by atoms with Gasteiger partial charge in [0.1, 0.15) is 17.0 Å². The first-order valence-electron chi connectivity index (χ1n) is 15.3. The molecule has 2 saturated heterocycles. The highest BCUT2D eigenvalue weighted by Gasteiger charge is 2.47. The van der Waals surface area contributed by atoms with E-state index in [2.05, 4.69) is 20.9 Å². The number of aromatic nitrogens is 3. The van der Waals surface area contributed by atoms with Crippen LogP contribution in [-0.4, -0.2) is 70.4 Å². The number of anilines is 1. The number of imidazole rings is 1. The van der Waals surface area contributed by atoms with Gasteiger partial charge >= 0.3 is 5.97 Å². The van der Waals surface area contributed by atoms with Crippen molar-refractivity contribution in [3.8, 4) is 11.5 Å². The molecule has 1 saturated carbocycles. The average molecular weight is 634 g/mol. The lowest BCUT2D eigenvalue weighted by Gasteiger charge is -2.54. The molecule has 3 aliphatic heterocycles. The number of methoxy groups -OCH3 is 1. The van der Waals surface area contributed by atoms with Gasteiger partial charge in [-0.15, -0.1) is 0 Å². The van der Waals surface area contributed by atoms with Crippen molar-refractivity contribution in [3.05, 3.63) is 76.6 Å². The Morgan fingerprint density at radius 3 is 2.69 bits per heavy atom. The third kappa shape index (κ3) is 4.79. The van der Waals surface area contributed by atoms with Crippen LogP contribution in [0.25, 0.3) is 11.0 Å². The molecule has 234 valence electrons. The summed E-state index contributed by atoms with van der Waals surface area (Å²) in [5.74, 6) is -0.0000620. The number of ether oxygens (including phenoxy) is 4. The number of benzene rings is 2. The third-order valence-electron chi connectivity index (χ3n) is 9.59. The number of carbonyl (C=O) groups excluding carboxylic acids is 1. The maximum absolute atomic E-state index is 15.3. The molecule has 4 aliphatic rings. The fraction of sp³-hybridized carbons (Fsp3) is 0.424. The van der Waals surface area contributed by atoms with Crippen molar-refractivity contribution in [3.63, 3.8) is 0 Å². The summed E-state index contributed by atoms with van der Waals surface area (Å²) < 4.78 is 40.7. The minimum atomic E-state index is -1.06. The molecule has 2 aromatic heterocycles. The molecule has 45 heavy (non-hydrogen) atoms. The second-order valence-electron chi connectivity index (χ2n) is 12.2. The van der Waals surface area contributed by atoms with Crippen molar-refractivity contribution in [1.29, 1.82) is 0 Å². The first-order chi connectivity index (χ1) is 21.8. The molecule has 0 bridgehead atoms. The zero-order valence-corrected chi connectivity index (χ0v) is 25.8. The summed E-state index contributed by atoms with van der Waals surface area (Å²) in [5.41, 5.74) is 2.66. The lowest BCUT2D eigenvalue weighted by Crippen LogP contribution is -2.64. The van der Waals surface area contributed by atoms with Crippen LogP contribution < -0.4 is 14.4 Å². The molecule has 5 heterocycles. The molecule has 0 amide bonds. The summed E-state index contributed by atoms with van der Waals surface area (Å²) >= 11 is 6.07. The fourth-order valence-electron chi connectivity index (χ4n) is 7.01. The molecule has 0 unspecified atom stereocenters. The summed E-state index contributed by atoms with van der Waals surface area (Å²) in [7, 11) is 1.29. The van der Waals surface area contributed by atoms with Gasteiger partial charge in [-0.05, 0) is 55.7 Å². The highest BCUT2D eigenvalue weighted by molar-refractivity contribution is 6.30. The molecule has 0 spiro atoms. The molecule has 12 heteroatoms. The van der Waals surface area contributed by atoms with Gasteiger partial charge in [-0.25, -0.2) is 14.2 Å². The summed E-state index contributed by atoms with van der Waals surface area (Å²) in [6, 6.07) is 13.1. The summed E-state index contributed by atoms with van der Waals surface area (Å²) in [4.78, 5) is 26.4. The van der Waals surface area contributed by atoms with Crippen molar-refractivity contribution in [1.82, 2.24) is 19.4 Å². The Morgan fingerprint density at radius 1 is 1.13 bits per heavy atom. The maximum atomic E-state index is 15.3. The van der Waals surface area contributed by atoms with Gasteiger partial charge in [-0.3, -0.25) is 9.88 Å². The number of hydrogen-bond donors (Lipinski definition) is 0. The summed E-state index contributed by atoms with van der Waals surface area (Å²) in [6.07, 6.45) is 4.66. The number of hydrogen-bond acceptors (Lipinski definition) is 9. The number of esters is 1. The SMILES string of the molecule is COC(=O)c1cc(F)c2nc(CN3CCN(c4cccc5c4O[C@@](C)(c4ccc(Cl)cn4)O5)[C@@H]4CC[C@@H]43)n(C[C@@H]3CCO3)c2c1. The predicted molar refractivity (Wildman–Crippen MR) is 164 cm³/mol. The molecule has 0 N–H and O–H groups in total. The van der Waals surface area contributed by atoms with E-state index in [0.29, 0.717) is 47.7 Å². The van der Waals surface area contributed by atoms with E-state index in [1.54, 1.807) is 18.3 Å². The average Bonchev–Trinajstić information content (AvgIpc) is 3.53. The second kappa shape index (κ2) is 10.9. The van der Waals surface area contributed by atoms with Crippen molar-refractivity contribution in [2.45, 2.75) is 63.3 Å². The number of carbonyl (C=O) groups is 1. The van der Waals surface area contributed by atoms with E-state index in [9.17, 15) is 4.79 Å². The maximum Gasteiger partial charge on any atom is 0.338 e. The molecule has 4 atom stereocenters. The monoisotopic (exact) mass is 633 g/mol. The van der Waals surface area contributed by atoms with Crippen LogP contribution in [0.3, 0.4) is 0 Å². The zero-order valence-electron chi connectivity index (χ0n) is 25.0. The molecular formula is C33H33ClFN5O5. The molecular weight excluding hydrogens is 601 g/mol. The Hall–Kier alpha value is -3.93. The lowest BCUT2D eigenvalue weighted by molar-refractivity contribution is -0.0717. The largest absolute Gasteiger partial charge is 0.465 e. The molecule has 0 radical (unpaired) electrons. The number of nitrogens with zero attached hydrogens (tertiary/aromatic N) is 5. The van der Waals surface area contributed by atoms with Gasteiger partial charge in [0.2, 0.25) is 0 Å². The van der Waals surface area contributed by atoms with E-state index in [-0.39, 0.29) is 23.2 Å². The van der Waals surface area contributed by atoms with Crippen LogP contribution in [0.4, 0.5) is 10.1 Å². The van der Waals surface area contributed by atoms with E-state index in [1.165, 1.54) is 13.2 Å². The topological polar surface area (TPSA) is 91.2 Å². The fourth-order valence-corrected chi connectivity index (χ4v) is 7.12. The number of fused-ring (bicyclic) bond motifs is 3. The van der Waals surface area contributed by atoms with E-state index >= 15 is 4.39 Å². The number of para-hydroxylation sites is 1. The molecule has 1 aliphatic carbocycles. The Balaban J connectivity index is 1.06. The Morgan fingerprint density at radius 2 is 1.98 bits per heavy atom. The van der Waals surface area contributed by atoms with Gasteiger partial charge in [0.25, 0.3) is 5.79 Å². The Labute approximate surface area is 264 Å². The first-order valence-corrected chi connectivity index (χ1v) is 15.7. The van der Waals surface area contributed by atoms with Gasteiger partial charge in [-0.2, -0.15) is 0 Å². The molecule has 10 nitrogen and oxygen atoms in total. The van der Waals surface area contributed by atoms with E-state index in [0.717, 1.165) is 49.6 Å². The van der Waals surface area contributed by atoms with Crippen LogP contribution in [0.2, 0.25) is 5.02 Å². The molecule has 4 aromatic rings. The first kappa shape index (κ1) is 28.5. The number of rotatable bonds is 7. The van der Waals surface area contributed by atoms with Crippen LogP contribution in [0.15, 0.2) is 48.7 Å². The van der Waals surface area contributed by atoms with Gasteiger partial charge in [-0.1, -0.05) is 17.7 Å². The third-order valence-corrected chi connectivity index (χ3v) is 9.82. The van der Waals surface area contributed by atoms with Crippen molar-refractivity contribution < 1.29 is 28.1 Å². The standard InChI is InChI=1S/C33H33ClFN5O5/c1-33(28-9-6-20(34)16-36-28)44-27-5-3-4-25(31(27)45-33)39-12-11-38(23-7-8-24(23)39)18-29-37-30-22(35)14-19(32(41)42-2)15-26(30)40(29)17-21-10-13-43-21/h3-6,9,14-16,21,23-24H,7-8,10-13,17-18H2,1-2H3/t21-,23-,24+,33-/m0/s1. The van der Waals surface area contributed by atoms with Crippen molar-refractivity contribution >= 4 is 34.3 Å². The molecule has 2 aromatic carbocycles. The Kier molecular flexibility index (Phi) is 6.88. The lowest BCUT2D eigenvalue weighted by atomic mass is 9.81. The van der Waals surface area contributed by atoms with Crippen LogP contribution in [0, 0.1) is 5.82 Å². The zero-order chi connectivity index (χ0) is 30.9. The normalized spacial score (nSPS) is 25.5. The Bertz CT molecular complexity index is 1800. The quantitative estimate of drug-likeness (QED) is 0.252. The number of halogens is 2. The minimum Gasteiger partial charge on any atom is -0.465 e. The van der Waals surface area contributed by atoms with Gasteiger partial charge in [0, 0.05) is 44.9 Å². The predicted octanol–water partition coefficient (Wildman–Crippen LogP) is 5.30. The van der Waals surface area contributed by atoms with Crippen LogP contribution in [0.5, 0.6) is 11.5 Å². The van der Waals surface area contributed by atoms with Crippen LogP contribution >= 0.6 is 11.6 Å². The molecule has 3 fully saturated rings. The van der Waals surface area contributed by atoms with Crippen molar-refractivity contribution in [2.75, 3.05) is 31.7 Å². The molecule has 8 rings (SSSR count). The van der Waals surface area contributed by atoms with E-state index in [1.807, 2.05) is 29.7 Å². The van der Waals surface area contributed by atoms with Crippen molar-refractivity contribution in [2.24, 2.45) is 0 Å². The van der Waals surface area contributed by atoms with Crippen LogP contribution in [0.1, 0.15) is 48.1 Å². The summed E-state index contributed by atoms with van der Waals surface area (Å²) in [5, 5.41) is 0.551. The smallest absolute Gasteiger partial charge is 0.338 e. The van der Waals surface area contributed by atoms with Gasteiger partial charge < -0.3 is 28.4 Å². The van der Waals surface area contributed by atoms with E-state index in [4.69, 9.17) is 35.5 Å². The van der Waals surface area contributed by atoms with Crippen LogP contribution in [-0.2, 0) is 28.4 Å². The van der Waals surface area contributed by atoms with E-state index < -0.39 is 17.6 Å².